The lowest BCUT2D eigenvalue weighted by Crippen LogP contribution is -2.26. The summed E-state index contributed by atoms with van der Waals surface area (Å²) in [5, 5.41) is 0. The zero-order valence-corrected chi connectivity index (χ0v) is 8.77. The minimum atomic E-state index is -0.828. The fourth-order valence-electron chi connectivity index (χ4n) is 0.989. The van der Waals surface area contributed by atoms with Crippen LogP contribution in [-0.2, 0) is 16.3 Å². The topological polar surface area (TPSA) is 87.2 Å². The van der Waals surface area contributed by atoms with Gasteiger partial charge in [-0.1, -0.05) is 6.92 Å². The van der Waals surface area contributed by atoms with Crippen molar-refractivity contribution in [2.24, 2.45) is 0 Å². The standard InChI is InChI=1S/C9H12FN3O3/c1-2-3-7(14)16-5-13-4-6(10)8(11)12-9(13)15/h4H,2-3,5H2,1H3,(H2,11,12,15). The van der Waals surface area contributed by atoms with Crippen molar-refractivity contribution < 1.29 is 13.9 Å². The molecule has 0 saturated carbocycles. The highest BCUT2D eigenvalue weighted by Crippen LogP contribution is 2.01. The van der Waals surface area contributed by atoms with Gasteiger partial charge in [0.2, 0.25) is 0 Å². The van der Waals surface area contributed by atoms with Crippen molar-refractivity contribution >= 4 is 11.8 Å². The normalized spacial score (nSPS) is 10.1. The maximum atomic E-state index is 12.9. The molecule has 2 N–H and O–H groups in total. The third kappa shape index (κ3) is 3.04. The fraction of sp³-hybridized carbons (Fsp3) is 0.444. The van der Waals surface area contributed by atoms with Crippen molar-refractivity contribution in [1.29, 1.82) is 0 Å². The summed E-state index contributed by atoms with van der Waals surface area (Å²) in [6, 6.07) is 0. The molecular formula is C9H12FN3O3. The van der Waals surface area contributed by atoms with Crippen LogP contribution in [0.4, 0.5) is 10.2 Å². The number of carbonyl (C=O) groups excluding carboxylic acids is 1. The highest BCUT2D eigenvalue weighted by atomic mass is 19.1. The SMILES string of the molecule is CCCC(=O)OCn1cc(F)c(N)nc1=O. The summed E-state index contributed by atoms with van der Waals surface area (Å²) in [5.74, 6) is -1.75. The zero-order chi connectivity index (χ0) is 12.1. The Kier molecular flexibility index (Phi) is 3.98. The summed E-state index contributed by atoms with van der Waals surface area (Å²) >= 11 is 0. The van der Waals surface area contributed by atoms with Crippen molar-refractivity contribution in [2.45, 2.75) is 26.5 Å². The van der Waals surface area contributed by atoms with Gasteiger partial charge in [-0.15, -0.1) is 0 Å². The van der Waals surface area contributed by atoms with E-state index in [1.807, 2.05) is 6.92 Å². The molecule has 0 amide bonds. The number of rotatable bonds is 4. The summed E-state index contributed by atoms with van der Waals surface area (Å²) in [5.41, 5.74) is 4.33. The van der Waals surface area contributed by atoms with E-state index in [-0.39, 0.29) is 13.2 Å². The molecule has 0 unspecified atom stereocenters. The predicted molar refractivity (Wildman–Crippen MR) is 53.9 cm³/mol. The number of hydrogen-bond donors (Lipinski definition) is 1. The molecule has 1 rings (SSSR count). The molecule has 0 spiro atoms. The molecule has 0 saturated heterocycles. The van der Waals surface area contributed by atoms with E-state index >= 15 is 0 Å². The second kappa shape index (κ2) is 5.24. The van der Waals surface area contributed by atoms with Gasteiger partial charge in [-0.05, 0) is 6.42 Å². The van der Waals surface area contributed by atoms with Crippen LogP contribution in [0.15, 0.2) is 11.0 Å². The molecule has 6 nitrogen and oxygen atoms in total. The summed E-state index contributed by atoms with van der Waals surface area (Å²) in [6.07, 6.45) is 1.74. The molecule has 0 fully saturated rings. The Morgan fingerprint density at radius 3 is 3.00 bits per heavy atom. The molecule has 0 bridgehead atoms. The number of anilines is 1. The van der Waals surface area contributed by atoms with Crippen LogP contribution in [0.2, 0.25) is 0 Å². The van der Waals surface area contributed by atoms with Gasteiger partial charge in [0.1, 0.15) is 0 Å². The van der Waals surface area contributed by atoms with Gasteiger partial charge < -0.3 is 10.5 Å². The van der Waals surface area contributed by atoms with Gasteiger partial charge in [0.25, 0.3) is 0 Å². The summed E-state index contributed by atoms with van der Waals surface area (Å²) in [7, 11) is 0. The molecule has 1 heterocycles. The van der Waals surface area contributed by atoms with E-state index in [1.54, 1.807) is 0 Å². The first-order valence-corrected chi connectivity index (χ1v) is 4.72. The van der Waals surface area contributed by atoms with Crippen molar-refractivity contribution in [3.05, 3.63) is 22.5 Å². The Morgan fingerprint density at radius 1 is 1.69 bits per heavy atom. The summed E-state index contributed by atoms with van der Waals surface area (Å²) in [6.45, 7) is 1.46. The molecule has 0 aliphatic rings. The first kappa shape index (κ1) is 12.2. The van der Waals surface area contributed by atoms with Crippen molar-refractivity contribution in [3.8, 4) is 0 Å². The number of halogens is 1. The maximum absolute atomic E-state index is 12.9. The minimum Gasteiger partial charge on any atom is -0.444 e. The van der Waals surface area contributed by atoms with E-state index in [0.717, 1.165) is 10.8 Å². The molecular weight excluding hydrogens is 217 g/mol. The number of nitrogens with zero attached hydrogens (tertiary/aromatic N) is 2. The summed E-state index contributed by atoms with van der Waals surface area (Å²) < 4.78 is 18.5. The second-order valence-corrected chi connectivity index (χ2v) is 3.12. The number of aromatic nitrogens is 2. The van der Waals surface area contributed by atoms with Crippen LogP contribution in [0.25, 0.3) is 0 Å². The molecule has 1 aromatic rings. The van der Waals surface area contributed by atoms with E-state index in [9.17, 15) is 14.0 Å². The number of carbonyl (C=O) groups is 1. The van der Waals surface area contributed by atoms with Gasteiger partial charge in [0.15, 0.2) is 18.4 Å². The monoisotopic (exact) mass is 229 g/mol. The second-order valence-electron chi connectivity index (χ2n) is 3.12. The average molecular weight is 229 g/mol. The van der Waals surface area contributed by atoms with Gasteiger partial charge in [0.05, 0.1) is 6.20 Å². The molecule has 0 aliphatic heterocycles. The average Bonchev–Trinajstić information content (AvgIpc) is 2.22. The molecule has 16 heavy (non-hydrogen) atoms. The highest BCUT2D eigenvalue weighted by Gasteiger charge is 2.07. The number of ether oxygens (including phenoxy) is 1. The van der Waals surface area contributed by atoms with Crippen LogP contribution in [-0.4, -0.2) is 15.5 Å². The van der Waals surface area contributed by atoms with E-state index in [4.69, 9.17) is 10.5 Å². The third-order valence-corrected chi connectivity index (χ3v) is 1.79. The lowest BCUT2D eigenvalue weighted by molar-refractivity contribution is -0.147. The lowest BCUT2D eigenvalue weighted by Gasteiger charge is -2.06. The molecule has 1 aromatic heterocycles. The quantitative estimate of drug-likeness (QED) is 0.748. The van der Waals surface area contributed by atoms with Gasteiger partial charge in [-0.25, -0.2) is 9.18 Å². The molecule has 0 radical (unpaired) electrons. The first-order valence-electron chi connectivity index (χ1n) is 4.72. The largest absolute Gasteiger partial charge is 0.444 e. The van der Waals surface area contributed by atoms with E-state index < -0.39 is 23.3 Å². The van der Waals surface area contributed by atoms with E-state index in [2.05, 4.69) is 4.98 Å². The van der Waals surface area contributed by atoms with Gasteiger partial charge in [-0.3, -0.25) is 9.36 Å². The number of nitrogens with two attached hydrogens (primary N) is 1. The Labute approximate surface area is 90.8 Å². The van der Waals surface area contributed by atoms with Crippen LogP contribution in [0.3, 0.4) is 0 Å². The number of hydrogen-bond acceptors (Lipinski definition) is 5. The van der Waals surface area contributed by atoms with Gasteiger partial charge in [0, 0.05) is 6.42 Å². The van der Waals surface area contributed by atoms with Crippen molar-refractivity contribution in [3.63, 3.8) is 0 Å². The van der Waals surface area contributed by atoms with Crippen LogP contribution < -0.4 is 11.4 Å². The van der Waals surface area contributed by atoms with Crippen LogP contribution in [0, 0.1) is 5.82 Å². The Balaban J connectivity index is 2.71. The summed E-state index contributed by atoms with van der Waals surface area (Å²) in [4.78, 5) is 25.4. The van der Waals surface area contributed by atoms with Crippen LogP contribution >= 0.6 is 0 Å². The number of nitrogen functional groups attached to an aromatic ring is 1. The van der Waals surface area contributed by atoms with Crippen LogP contribution in [0.5, 0.6) is 0 Å². The zero-order valence-electron chi connectivity index (χ0n) is 8.77. The molecule has 0 aromatic carbocycles. The Bertz CT molecular complexity index is 444. The van der Waals surface area contributed by atoms with E-state index in [1.165, 1.54) is 0 Å². The number of esters is 1. The van der Waals surface area contributed by atoms with Gasteiger partial charge in [-0.2, -0.15) is 4.98 Å². The predicted octanol–water partition coefficient (Wildman–Crippen LogP) is 0.265. The fourth-order valence-corrected chi connectivity index (χ4v) is 0.989. The first-order chi connectivity index (χ1) is 7.54. The minimum absolute atomic E-state index is 0.250. The molecule has 7 heteroatoms. The van der Waals surface area contributed by atoms with Crippen molar-refractivity contribution in [1.82, 2.24) is 9.55 Å². The molecule has 0 aliphatic carbocycles. The molecule has 0 atom stereocenters. The Hall–Kier alpha value is -1.92. The lowest BCUT2D eigenvalue weighted by atomic mass is 10.3. The van der Waals surface area contributed by atoms with E-state index in [0.29, 0.717) is 6.42 Å². The highest BCUT2D eigenvalue weighted by molar-refractivity contribution is 5.68. The van der Waals surface area contributed by atoms with Crippen LogP contribution in [0.1, 0.15) is 19.8 Å². The van der Waals surface area contributed by atoms with Gasteiger partial charge >= 0.3 is 11.7 Å². The smallest absolute Gasteiger partial charge is 0.352 e. The maximum Gasteiger partial charge on any atom is 0.352 e. The van der Waals surface area contributed by atoms with Crippen molar-refractivity contribution in [2.75, 3.05) is 5.73 Å². The molecule has 88 valence electrons. The Morgan fingerprint density at radius 2 is 2.38 bits per heavy atom. The third-order valence-electron chi connectivity index (χ3n) is 1.79.